The maximum Gasteiger partial charge on any atom is 0.151 e. The molecule has 1 aliphatic rings. The fraction of sp³-hybridized carbons (Fsp3) is 0.500. The Labute approximate surface area is 113 Å². The number of amidine groups is 1. The van der Waals surface area contributed by atoms with E-state index in [1.54, 1.807) is 12.3 Å². The average molecular weight is 282 g/mol. The molecule has 1 aromatic heterocycles. The number of nitrogens with one attached hydrogen (secondary N) is 1. The summed E-state index contributed by atoms with van der Waals surface area (Å²) in [4.78, 5) is 6.09. The Kier molecular flexibility index (Phi) is 3.86. The average Bonchev–Trinajstić information content (AvgIpc) is 2.70. The number of nitrogens with zero attached hydrogens (tertiary/aromatic N) is 2. The van der Waals surface area contributed by atoms with Crippen molar-refractivity contribution in [2.24, 2.45) is 5.73 Å². The maximum absolute atomic E-state index is 11.5. The second kappa shape index (κ2) is 5.26. The molecule has 1 saturated heterocycles. The van der Waals surface area contributed by atoms with Crippen LogP contribution >= 0.6 is 0 Å². The van der Waals surface area contributed by atoms with Crippen LogP contribution in [0.5, 0.6) is 0 Å². The first-order valence-electron chi connectivity index (χ1n) is 6.08. The normalized spacial score (nSPS) is 21.7. The zero-order valence-electron chi connectivity index (χ0n) is 10.8. The van der Waals surface area contributed by atoms with Gasteiger partial charge >= 0.3 is 0 Å². The number of hydrogen-bond donors (Lipinski definition) is 2. The summed E-state index contributed by atoms with van der Waals surface area (Å²) in [5.41, 5.74) is 6.81. The summed E-state index contributed by atoms with van der Waals surface area (Å²) < 4.78 is 23.0. The highest BCUT2D eigenvalue weighted by Gasteiger charge is 2.30. The molecule has 19 heavy (non-hydrogen) atoms. The lowest BCUT2D eigenvalue weighted by Crippen LogP contribution is -2.33. The Balaban J connectivity index is 2.12. The standard InChI is InChI=1S/C12H18N4O2S/c1-16(10-4-6-19(17,18)8-10)7-9-3-2-5-15-11(9)12(13)14/h2-3,5,10H,4,6-8H2,1H3,(H3,13,14). The van der Waals surface area contributed by atoms with Gasteiger partial charge in [0.1, 0.15) is 11.5 Å². The van der Waals surface area contributed by atoms with E-state index in [4.69, 9.17) is 11.1 Å². The largest absolute Gasteiger partial charge is 0.382 e. The first kappa shape index (κ1) is 14.0. The van der Waals surface area contributed by atoms with E-state index in [0.717, 1.165) is 5.56 Å². The molecule has 6 nitrogen and oxygen atoms in total. The van der Waals surface area contributed by atoms with Crippen LogP contribution in [-0.4, -0.2) is 48.7 Å². The molecule has 0 saturated carbocycles. The summed E-state index contributed by atoms with van der Waals surface area (Å²) in [6, 6.07) is 3.69. The van der Waals surface area contributed by atoms with Gasteiger partial charge in [0.25, 0.3) is 0 Å². The van der Waals surface area contributed by atoms with E-state index in [1.165, 1.54) is 0 Å². The van der Waals surface area contributed by atoms with Crippen molar-refractivity contribution < 1.29 is 8.42 Å². The third kappa shape index (κ3) is 3.30. The van der Waals surface area contributed by atoms with Crippen molar-refractivity contribution in [2.75, 3.05) is 18.6 Å². The highest BCUT2D eigenvalue weighted by molar-refractivity contribution is 7.91. The zero-order chi connectivity index (χ0) is 14.0. The number of rotatable bonds is 4. The van der Waals surface area contributed by atoms with Crippen molar-refractivity contribution in [1.82, 2.24) is 9.88 Å². The number of sulfone groups is 1. The molecule has 2 heterocycles. The van der Waals surface area contributed by atoms with Crippen molar-refractivity contribution in [3.8, 4) is 0 Å². The molecule has 0 bridgehead atoms. The van der Waals surface area contributed by atoms with Crippen LogP contribution in [0.2, 0.25) is 0 Å². The predicted octanol–water partition coefficient (Wildman–Crippen LogP) is -0.0154. The summed E-state index contributed by atoms with van der Waals surface area (Å²) >= 11 is 0. The molecule has 104 valence electrons. The van der Waals surface area contributed by atoms with Crippen molar-refractivity contribution in [3.63, 3.8) is 0 Å². The first-order valence-corrected chi connectivity index (χ1v) is 7.90. The number of hydrogen-bond acceptors (Lipinski definition) is 5. The molecule has 0 amide bonds. The fourth-order valence-electron chi connectivity index (χ4n) is 2.33. The highest BCUT2D eigenvalue weighted by atomic mass is 32.2. The number of aromatic nitrogens is 1. The SMILES string of the molecule is CN(Cc1cccnc1C(=N)N)C1CCS(=O)(=O)C1. The van der Waals surface area contributed by atoms with Crippen molar-refractivity contribution in [1.29, 1.82) is 5.41 Å². The summed E-state index contributed by atoms with van der Waals surface area (Å²) in [6.07, 6.45) is 2.26. The topological polar surface area (TPSA) is 100 Å². The van der Waals surface area contributed by atoms with Crippen molar-refractivity contribution in [3.05, 3.63) is 29.6 Å². The van der Waals surface area contributed by atoms with E-state index in [9.17, 15) is 8.42 Å². The lowest BCUT2D eigenvalue weighted by atomic mass is 10.1. The van der Waals surface area contributed by atoms with Crippen LogP contribution in [-0.2, 0) is 16.4 Å². The van der Waals surface area contributed by atoms with Crippen LogP contribution in [0.15, 0.2) is 18.3 Å². The smallest absolute Gasteiger partial charge is 0.151 e. The fourth-order valence-corrected chi connectivity index (χ4v) is 4.13. The van der Waals surface area contributed by atoms with Crippen LogP contribution in [0, 0.1) is 5.41 Å². The van der Waals surface area contributed by atoms with Gasteiger partial charge in [-0.1, -0.05) is 6.07 Å². The Hall–Kier alpha value is -1.47. The molecular weight excluding hydrogens is 264 g/mol. The Morgan fingerprint density at radius 1 is 1.63 bits per heavy atom. The second-order valence-corrected chi connectivity index (χ2v) is 7.13. The number of nitrogen functional groups attached to an aromatic ring is 1. The van der Waals surface area contributed by atoms with E-state index in [1.807, 2.05) is 18.0 Å². The van der Waals surface area contributed by atoms with Crippen LogP contribution in [0.25, 0.3) is 0 Å². The summed E-state index contributed by atoms with van der Waals surface area (Å²) in [5.74, 6) is 0.399. The van der Waals surface area contributed by atoms with Crippen LogP contribution in [0.3, 0.4) is 0 Å². The molecule has 1 atom stereocenters. The molecule has 0 aromatic carbocycles. The third-order valence-corrected chi connectivity index (χ3v) is 5.15. The second-order valence-electron chi connectivity index (χ2n) is 4.90. The Bertz CT molecular complexity index is 585. The number of pyridine rings is 1. The van der Waals surface area contributed by atoms with E-state index in [2.05, 4.69) is 4.98 Å². The van der Waals surface area contributed by atoms with E-state index in [-0.39, 0.29) is 23.4 Å². The molecule has 3 N–H and O–H groups in total. The van der Waals surface area contributed by atoms with Gasteiger partial charge in [0.2, 0.25) is 0 Å². The van der Waals surface area contributed by atoms with Gasteiger partial charge in [-0.2, -0.15) is 0 Å². The third-order valence-electron chi connectivity index (χ3n) is 3.40. The summed E-state index contributed by atoms with van der Waals surface area (Å²) in [5, 5.41) is 7.49. The first-order chi connectivity index (χ1) is 8.89. The van der Waals surface area contributed by atoms with E-state index >= 15 is 0 Å². The Morgan fingerprint density at radius 2 is 2.37 bits per heavy atom. The van der Waals surface area contributed by atoms with Crippen LogP contribution < -0.4 is 5.73 Å². The van der Waals surface area contributed by atoms with Gasteiger partial charge in [-0.15, -0.1) is 0 Å². The van der Waals surface area contributed by atoms with Gasteiger partial charge in [-0.05, 0) is 25.1 Å². The molecule has 7 heteroatoms. The molecule has 0 spiro atoms. The molecule has 1 aliphatic heterocycles. The van der Waals surface area contributed by atoms with Crippen molar-refractivity contribution in [2.45, 2.75) is 19.0 Å². The van der Waals surface area contributed by atoms with Gasteiger partial charge in [0, 0.05) is 18.8 Å². The van der Waals surface area contributed by atoms with Crippen LogP contribution in [0.1, 0.15) is 17.7 Å². The quantitative estimate of drug-likeness (QED) is 0.597. The molecule has 1 unspecified atom stereocenters. The molecule has 1 aromatic rings. The minimum Gasteiger partial charge on any atom is -0.382 e. The molecular formula is C12H18N4O2S. The minimum absolute atomic E-state index is 0.0324. The van der Waals surface area contributed by atoms with Gasteiger partial charge in [0.15, 0.2) is 9.84 Å². The zero-order valence-corrected chi connectivity index (χ0v) is 11.7. The summed E-state index contributed by atoms with van der Waals surface area (Å²) in [7, 11) is -0.992. The maximum atomic E-state index is 11.5. The van der Waals surface area contributed by atoms with Gasteiger partial charge in [-0.25, -0.2) is 8.42 Å². The Morgan fingerprint density at radius 3 is 2.95 bits per heavy atom. The lowest BCUT2D eigenvalue weighted by molar-refractivity contribution is 0.253. The predicted molar refractivity (Wildman–Crippen MR) is 73.8 cm³/mol. The van der Waals surface area contributed by atoms with E-state index < -0.39 is 9.84 Å². The minimum atomic E-state index is -2.88. The molecule has 0 radical (unpaired) electrons. The van der Waals surface area contributed by atoms with Gasteiger partial charge < -0.3 is 5.73 Å². The lowest BCUT2D eigenvalue weighted by Gasteiger charge is -2.23. The van der Waals surface area contributed by atoms with Gasteiger partial charge in [0.05, 0.1) is 11.5 Å². The molecule has 1 fully saturated rings. The highest BCUT2D eigenvalue weighted by Crippen LogP contribution is 2.19. The number of nitrogens with two attached hydrogens (primary N) is 1. The monoisotopic (exact) mass is 282 g/mol. The van der Waals surface area contributed by atoms with Gasteiger partial charge in [-0.3, -0.25) is 15.3 Å². The summed E-state index contributed by atoms with van der Waals surface area (Å²) in [6.45, 7) is 0.545. The molecule has 2 rings (SSSR count). The van der Waals surface area contributed by atoms with Crippen LogP contribution in [0.4, 0.5) is 0 Å². The van der Waals surface area contributed by atoms with E-state index in [0.29, 0.717) is 18.7 Å². The van der Waals surface area contributed by atoms with Crippen molar-refractivity contribution >= 4 is 15.7 Å². The molecule has 0 aliphatic carbocycles.